The number of rotatable bonds is 7. The lowest BCUT2D eigenvalue weighted by atomic mass is 10.2. The lowest BCUT2D eigenvalue weighted by molar-refractivity contribution is 0.583. The Kier molecular flexibility index (Phi) is 5.23. The Morgan fingerprint density at radius 3 is 2.54 bits per heavy atom. The Hall–Kier alpha value is -2.22. The zero-order valence-electron chi connectivity index (χ0n) is 15.4. The summed E-state index contributed by atoms with van der Waals surface area (Å²) >= 11 is 6.11. The third-order valence-corrected chi connectivity index (χ3v) is 6.37. The summed E-state index contributed by atoms with van der Waals surface area (Å²) in [4.78, 5) is 9.54. The number of fused-ring (bicyclic) bond motifs is 1. The van der Waals surface area contributed by atoms with Crippen molar-refractivity contribution >= 4 is 38.3 Å². The first-order valence-corrected chi connectivity index (χ1v) is 11.1. The summed E-state index contributed by atoms with van der Waals surface area (Å²) in [6.07, 6.45) is 2.20. The molecule has 0 saturated heterocycles. The summed E-state index contributed by atoms with van der Waals surface area (Å²) in [7, 11) is -3.53. The number of hydrogen-bond donors (Lipinski definition) is 2. The van der Waals surface area contributed by atoms with Crippen LogP contribution < -0.4 is 10.0 Å². The van der Waals surface area contributed by atoms with Crippen molar-refractivity contribution in [2.75, 3.05) is 18.4 Å². The van der Waals surface area contributed by atoms with Crippen molar-refractivity contribution in [3.05, 3.63) is 58.9 Å². The summed E-state index contributed by atoms with van der Waals surface area (Å²) in [5.74, 6) is 1.93. The van der Waals surface area contributed by atoms with Gasteiger partial charge >= 0.3 is 0 Å². The Morgan fingerprint density at radius 1 is 1.07 bits per heavy atom. The van der Waals surface area contributed by atoms with Crippen molar-refractivity contribution in [1.82, 2.24) is 14.7 Å². The van der Waals surface area contributed by atoms with Gasteiger partial charge in [0.05, 0.1) is 10.4 Å². The predicted molar refractivity (Wildman–Crippen MR) is 111 cm³/mol. The molecule has 0 aliphatic heterocycles. The first-order valence-electron chi connectivity index (χ1n) is 9.20. The normalized spacial score (nSPS) is 14.4. The second-order valence-corrected chi connectivity index (χ2v) is 9.21. The molecule has 0 radical (unpaired) electrons. The van der Waals surface area contributed by atoms with E-state index in [1.54, 1.807) is 30.3 Å². The minimum absolute atomic E-state index is 0.244. The molecule has 1 saturated carbocycles. The smallest absolute Gasteiger partial charge is 0.240 e. The molecule has 0 atom stereocenters. The maximum Gasteiger partial charge on any atom is 0.240 e. The van der Waals surface area contributed by atoms with Crippen LogP contribution in [0.25, 0.3) is 10.9 Å². The molecule has 0 unspecified atom stereocenters. The lowest BCUT2D eigenvalue weighted by Gasteiger charge is -2.12. The van der Waals surface area contributed by atoms with Crippen molar-refractivity contribution in [3.8, 4) is 0 Å². The Labute approximate surface area is 169 Å². The first-order chi connectivity index (χ1) is 13.4. The van der Waals surface area contributed by atoms with Gasteiger partial charge in [0, 0.05) is 29.4 Å². The molecule has 1 aromatic heterocycles. The van der Waals surface area contributed by atoms with E-state index < -0.39 is 10.0 Å². The standard InChI is InChI=1S/C20H21ClN4O2S/c1-13-2-7-16(8-3-13)28(26,27)23-11-10-22-20-17-9-6-15(21)12-18(17)24-19(25-20)14-4-5-14/h2-3,6-9,12,14,23H,4-5,10-11H2,1H3,(H,22,24,25). The van der Waals surface area contributed by atoms with Gasteiger partial charge in [0.25, 0.3) is 0 Å². The third kappa shape index (κ3) is 4.27. The molecule has 3 aromatic rings. The molecule has 1 aliphatic carbocycles. The topological polar surface area (TPSA) is 84.0 Å². The van der Waals surface area contributed by atoms with Gasteiger partial charge in [-0.15, -0.1) is 0 Å². The van der Waals surface area contributed by atoms with Crippen molar-refractivity contribution in [2.45, 2.75) is 30.6 Å². The van der Waals surface area contributed by atoms with E-state index in [2.05, 4.69) is 20.0 Å². The van der Waals surface area contributed by atoms with Gasteiger partial charge in [-0.05, 0) is 50.1 Å². The van der Waals surface area contributed by atoms with Crippen molar-refractivity contribution in [3.63, 3.8) is 0 Å². The van der Waals surface area contributed by atoms with Crippen molar-refractivity contribution < 1.29 is 8.42 Å². The minimum atomic E-state index is -3.53. The fourth-order valence-corrected chi connectivity index (χ4v) is 4.14. The second kappa shape index (κ2) is 7.66. The number of sulfonamides is 1. The molecule has 2 aromatic carbocycles. The fraction of sp³-hybridized carbons (Fsp3) is 0.300. The quantitative estimate of drug-likeness (QED) is 0.571. The maximum atomic E-state index is 12.4. The van der Waals surface area contributed by atoms with Gasteiger partial charge in [-0.2, -0.15) is 0 Å². The average Bonchev–Trinajstić information content (AvgIpc) is 3.50. The van der Waals surface area contributed by atoms with E-state index >= 15 is 0 Å². The summed E-state index contributed by atoms with van der Waals surface area (Å²) in [6, 6.07) is 12.3. The Morgan fingerprint density at radius 2 is 1.82 bits per heavy atom. The van der Waals surface area contributed by atoms with E-state index in [0.717, 1.165) is 35.1 Å². The van der Waals surface area contributed by atoms with Gasteiger partial charge in [0.1, 0.15) is 11.6 Å². The van der Waals surface area contributed by atoms with E-state index in [1.165, 1.54) is 0 Å². The van der Waals surface area contributed by atoms with E-state index in [0.29, 0.717) is 23.3 Å². The zero-order chi connectivity index (χ0) is 19.7. The van der Waals surface area contributed by atoms with Crippen LogP contribution in [-0.2, 0) is 10.0 Å². The molecule has 1 heterocycles. The van der Waals surface area contributed by atoms with Crippen LogP contribution >= 0.6 is 11.6 Å². The molecule has 0 amide bonds. The van der Waals surface area contributed by atoms with E-state index in [9.17, 15) is 8.42 Å². The van der Waals surface area contributed by atoms with E-state index in [-0.39, 0.29) is 11.4 Å². The highest BCUT2D eigenvalue weighted by molar-refractivity contribution is 7.89. The molecule has 8 heteroatoms. The predicted octanol–water partition coefficient (Wildman–Crippen LogP) is 3.86. The molecular formula is C20H21ClN4O2S. The third-order valence-electron chi connectivity index (χ3n) is 4.66. The highest BCUT2D eigenvalue weighted by Crippen LogP contribution is 2.39. The summed E-state index contributed by atoms with van der Waals surface area (Å²) in [5.41, 5.74) is 1.81. The largest absolute Gasteiger partial charge is 0.368 e. The molecule has 1 fully saturated rings. The number of hydrogen-bond acceptors (Lipinski definition) is 5. The highest BCUT2D eigenvalue weighted by atomic mass is 35.5. The van der Waals surface area contributed by atoms with Crippen LogP contribution in [0, 0.1) is 6.92 Å². The van der Waals surface area contributed by atoms with Crippen LogP contribution in [0.2, 0.25) is 5.02 Å². The van der Waals surface area contributed by atoms with Crippen LogP contribution in [0.15, 0.2) is 47.4 Å². The number of benzene rings is 2. The van der Waals surface area contributed by atoms with Crippen molar-refractivity contribution in [2.24, 2.45) is 0 Å². The number of anilines is 1. The van der Waals surface area contributed by atoms with Gasteiger partial charge in [0.2, 0.25) is 10.0 Å². The van der Waals surface area contributed by atoms with E-state index in [4.69, 9.17) is 11.6 Å². The Bertz CT molecular complexity index is 1110. The fourth-order valence-electron chi connectivity index (χ4n) is 2.95. The van der Waals surface area contributed by atoms with Crippen LogP contribution in [0.1, 0.15) is 30.1 Å². The SMILES string of the molecule is Cc1ccc(S(=O)(=O)NCCNc2nc(C3CC3)nc3cc(Cl)ccc23)cc1. The molecule has 6 nitrogen and oxygen atoms in total. The highest BCUT2D eigenvalue weighted by Gasteiger charge is 2.27. The van der Waals surface area contributed by atoms with Crippen LogP contribution in [-0.4, -0.2) is 31.5 Å². The average molecular weight is 417 g/mol. The number of aryl methyl sites for hydroxylation is 1. The van der Waals surface area contributed by atoms with Gasteiger partial charge in [0.15, 0.2) is 0 Å². The monoisotopic (exact) mass is 416 g/mol. The number of halogens is 1. The molecule has 0 spiro atoms. The minimum Gasteiger partial charge on any atom is -0.368 e. The van der Waals surface area contributed by atoms with Crippen LogP contribution in [0.4, 0.5) is 5.82 Å². The lowest BCUT2D eigenvalue weighted by Crippen LogP contribution is -2.29. The van der Waals surface area contributed by atoms with Gasteiger partial charge in [-0.25, -0.2) is 23.1 Å². The second-order valence-electron chi connectivity index (χ2n) is 7.00. The molecular weight excluding hydrogens is 396 g/mol. The van der Waals surface area contributed by atoms with Gasteiger partial charge in [-0.1, -0.05) is 29.3 Å². The molecule has 28 heavy (non-hydrogen) atoms. The molecule has 0 bridgehead atoms. The van der Waals surface area contributed by atoms with Gasteiger partial charge in [-0.3, -0.25) is 0 Å². The zero-order valence-corrected chi connectivity index (χ0v) is 17.0. The maximum absolute atomic E-state index is 12.4. The number of nitrogens with zero attached hydrogens (tertiary/aromatic N) is 2. The molecule has 2 N–H and O–H groups in total. The summed E-state index contributed by atoms with van der Waals surface area (Å²) < 4.78 is 27.4. The van der Waals surface area contributed by atoms with Crippen LogP contribution in [0.5, 0.6) is 0 Å². The summed E-state index contributed by atoms with van der Waals surface area (Å²) in [6.45, 7) is 2.57. The van der Waals surface area contributed by atoms with Crippen LogP contribution in [0.3, 0.4) is 0 Å². The number of aromatic nitrogens is 2. The molecule has 146 valence electrons. The summed E-state index contributed by atoms with van der Waals surface area (Å²) in [5, 5.41) is 4.74. The molecule has 4 rings (SSSR count). The molecule has 1 aliphatic rings. The van der Waals surface area contributed by atoms with Crippen molar-refractivity contribution in [1.29, 1.82) is 0 Å². The number of nitrogens with one attached hydrogen (secondary N) is 2. The van der Waals surface area contributed by atoms with Gasteiger partial charge < -0.3 is 5.32 Å². The Balaban J connectivity index is 1.46. The van der Waals surface area contributed by atoms with E-state index in [1.807, 2.05) is 19.1 Å². The first kappa shape index (κ1) is 19.1.